The predicted molar refractivity (Wildman–Crippen MR) is 66.1 cm³/mol. The first kappa shape index (κ1) is 12.7. The molecule has 0 heterocycles. The third-order valence-corrected chi connectivity index (χ3v) is 2.59. The molecule has 0 aliphatic carbocycles. The van der Waals surface area contributed by atoms with Gasteiger partial charge in [0, 0.05) is 13.0 Å². The van der Waals surface area contributed by atoms with E-state index >= 15 is 0 Å². The zero-order chi connectivity index (χ0) is 12.0. The topological polar surface area (TPSA) is 55.1 Å². The number of aryl methyl sites for hydroxylation is 2. The molecule has 0 aliphatic heterocycles. The molecule has 0 aromatic heterocycles. The van der Waals surface area contributed by atoms with Gasteiger partial charge in [0.05, 0.1) is 0 Å². The molecule has 3 heteroatoms. The van der Waals surface area contributed by atoms with E-state index in [1.165, 1.54) is 16.7 Å². The number of carbonyl (C=O) groups is 1. The lowest BCUT2D eigenvalue weighted by Crippen LogP contribution is -2.18. The van der Waals surface area contributed by atoms with Crippen LogP contribution in [0.1, 0.15) is 29.5 Å². The van der Waals surface area contributed by atoms with Crippen molar-refractivity contribution in [1.82, 2.24) is 5.32 Å². The highest BCUT2D eigenvalue weighted by Crippen LogP contribution is 2.09. The number of rotatable bonds is 6. The molecule has 1 amide bonds. The number of amides is 1. The Balaban J connectivity index is 2.29. The molecule has 1 aromatic carbocycles. The van der Waals surface area contributed by atoms with Gasteiger partial charge in [0.2, 0.25) is 5.91 Å². The Bertz CT molecular complexity index is 361. The van der Waals surface area contributed by atoms with Gasteiger partial charge in [0.1, 0.15) is 0 Å². The Hall–Kier alpha value is -1.35. The van der Waals surface area contributed by atoms with E-state index in [2.05, 4.69) is 37.4 Å². The van der Waals surface area contributed by atoms with Crippen LogP contribution >= 0.6 is 0 Å². The minimum atomic E-state index is -0.228. The third kappa shape index (κ3) is 4.45. The van der Waals surface area contributed by atoms with Crippen molar-refractivity contribution in [2.45, 2.75) is 33.2 Å². The minimum Gasteiger partial charge on any atom is -0.370 e. The number of primary amides is 1. The van der Waals surface area contributed by atoms with E-state index in [4.69, 9.17) is 5.73 Å². The molecule has 0 radical (unpaired) electrons. The van der Waals surface area contributed by atoms with Crippen molar-refractivity contribution in [2.75, 3.05) is 6.54 Å². The van der Waals surface area contributed by atoms with Crippen LogP contribution in [0.3, 0.4) is 0 Å². The molecule has 0 fully saturated rings. The van der Waals surface area contributed by atoms with E-state index in [9.17, 15) is 4.79 Å². The Morgan fingerprint density at radius 1 is 1.38 bits per heavy atom. The van der Waals surface area contributed by atoms with Crippen LogP contribution in [0.5, 0.6) is 0 Å². The summed E-state index contributed by atoms with van der Waals surface area (Å²) in [6.45, 7) is 5.89. The molecule has 0 unspecified atom stereocenters. The highest BCUT2D eigenvalue weighted by molar-refractivity contribution is 5.73. The molecular formula is C13H20N2O. The van der Waals surface area contributed by atoms with Crippen LogP contribution in [-0.2, 0) is 11.3 Å². The molecule has 0 saturated heterocycles. The zero-order valence-corrected chi connectivity index (χ0v) is 10.0. The quantitative estimate of drug-likeness (QED) is 0.716. The Morgan fingerprint density at radius 3 is 2.75 bits per heavy atom. The summed E-state index contributed by atoms with van der Waals surface area (Å²) in [5.74, 6) is -0.228. The lowest BCUT2D eigenvalue weighted by molar-refractivity contribution is -0.118. The molecule has 1 rings (SSSR count). The smallest absolute Gasteiger partial charge is 0.217 e. The van der Waals surface area contributed by atoms with Crippen LogP contribution in [0.15, 0.2) is 18.2 Å². The molecule has 1 aromatic rings. The lowest BCUT2D eigenvalue weighted by atomic mass is 10.1. The summed E-state index contributed by atoms with van der Waals surface area (Å²) in [6.07, 6.45) is 1.26. The summed E-state index contributed by atoms with van der Waals surface area (Å²) in [7, 11) is 0. The Labute approximate surface area is 97.0 Å². The number of benzene rings is 1. The number of carbonyl (C=O) groups excluding carboxylic acids is 1. The van der Waals surface area contributed by atoms with E-state index in [0.29, 0.717) is 6.42 Å². The van der Waals surface area contributed by atoms with Crippen LogP contribution in [0.2, 0.25) is 0 Å². The van der Waals surface area contributed by atoms with Crippen LogP contribution in [0.25, 0.3) is 0 Å². The van der Waals surface area contributed by atoms with E-state index in [0.717, 1.165) is 19.5 Å². The van der Waals surface area contributed by atoms with Crippen molar-refractivity contribution in [3.8, 4) is 0 Å². The number of nitrogens with one attached hydrogen (secondary N) is 1. The molecule has 0 bridgehead atoms. The van der Waals surface area contributed by atoms with Gasteiger partial charge in [0.15, 0.2) is 0 Å². The lowest BCUT2D eigenvalue weighted by Gasteiger charge is -2.08. The van der Waals surface area contributed by atoms with Gasteiger partial charge in [0.25, 0.3) is 0 Å². The van der Waals surface area contributed by atoms with Crippen molar-refractivity contribution < 1.29 is 4.79 Å². The monoisotopic (exact) mass is 220 g/mol. The standard InChI is InChI=1S/C13H20N2O/c1-10-5-6-12(11(2)8-10)9-15-7-3-4-13(14)16/h5-6,8,15H,3-4,7,9H2,1-2H3,(H2,14,16). The van der Waals surface area contributed by atoms with Crippen molar-refractivity contribution >= 4 is 5.91 Å². The van der Waals surface area contributed by atoms with Gasteiger partial charge < -0.3 is 11.1 Å². The van der Waals surface area contributed by atoms with Gasteiger partial charge >= 0.3 is 0 Å². The summed E-state index contributed by atoms with van der Waals surface area (Å²) in [5, 5.41) is 3.31. The van der Waals surface area contributed by atoms with Gasteiger partial charge in [-0.05, 0) is 37.9 Å². The van der Waals surface area contributed by atoms with Crippen LogP contribution in [0, 0.1) is 13.8 Å². The van der Waals surface area contributed by atoms with E-state index < -0.39 is 0 Å². The second-order valence-electron chi connectivity index (χ2n) is 4.18. The van der Waals surface area contributed by atoms with Gasteiger partial charge in [-0.3, -0.25) is 4.79 Å². The molecule has 16 heavy (non-hydrogen) atoms. The Morgan fingerprint density at radius 2 is 2.12 bits per heavy atom. The number of hydrogen-bond donors (Lipinski definition) is 2. The fraction of sp³-hybridized carbons (Fsp3) is 0.462. The number of hydrogen-bond acceptors (Lipinski definition) is 2. The molecule has 88 valence electrons. The maximum atomic E-state index is 10.5. The molecule has 0 atom stereocenters. The molecule has 3 nitrogen and oxygen atoms in total. The summed E-state index contributed by atoms with van der Waals surface area (Å²) in [6, 6.07) is 6.44. The van der Waals surface area contributed by atoms with Crippen molar-refractivity contribution in [2.24, 2.45) is 5.73 Å². The van der Waals surface area contributed by atoms with Crippen LogP contribution in [-0.4, -0.2) is 12.5 Å². The summed E-state index contributed by atoms with van der Waals surface area (Å²) in [4.78, 5) is 10.5. The normalized spacial score (nSPS) is 10.4. The maximum Gasteiger partial charge on any atom is 0.217 e. The average molecular weight is 220 g/mol. The first-order valence-corrected chi connectivity index (χ1v) is 5.65. The van der Waals surface area contributed by atoms with Crippen molar-refractivity contribution in [3.63, 3.8) is 0 Å². The van der Waals surface area contributed by atoms with Gasteiger partial charge in [-0.15, -0.1) is 0 Å². The average Bonchev–Trinajstić information content (AvgIpc) is 2.20. The first-order chi connectivity index (χ1) is 7.59. The fourth-order valence-corrected chi connectivity index (χ4v) is 1.65. The van der Waals surface area contributed by atoms with Gasteiger partial charge in [-0.1, -0.05) is 23.8 Å². The molecule has 0 spiro atoms. The first-order valence-electron chi connectivity index (χ1n) is 5.65. The van der Waals surface area contributed by atoms with Crippen LogP contribution < -0.4 is 11.1 Å². The van der Waals surface area contributed by atoms with E-state index in [1.807, 2.05) is 0 Å². The summed E-state index contributed by atoms with van der Waals surface area (Å²) < 4.78 is 0. The minimum absolute atomic E-state index is 0.228. The Kier molecular flexibility index (Phi) is 4.99. The highest BCUT2D eigenvalue weighted by atomic mass is 16.1. The fourth-order valence-electron chi connectivity index (χ4n) is 1.65. The van der Waals surface area contributed by atoms with Crippen molar-refractivity contribution in [1.29, 1.82) is 0 Å². The predicted octanol–water partition coefficient (Wildman–Crippen LogP) is 1.66. The molecule has 0 saturated carbocycles. The van der Waals surface area contributed by atoms with E-state index in [-0.39, 0.29) is 5.91 Å². The second kappa shape index (κ2) is 6.28. The summed E-state index contributed by atoms with van der Waals surface area (Å²) in [5.41, 5.74) is 8.96. The SMILES string of the molecule is Cc1ccc(CNCCCC(N)=O)c(C)c1. The summed E-state index contributed by atoms with van der Waals surface area (Å²) >= 11 is 0. The largest absolute Gasteiger partial charge is 0.370 e. The second-order valence-corrected chi connectivity index (χ2v) is 4.18. The molecular weight excluding hydrogens is 200 g/mol. The van der Waals surface area contributed by atoms with Crippen LogP contribution in [0.4, 0.5) is 0 Å². The molecule has 3 N–H and O–H groups in total. The number of nitrogens with two attached hydrogens (primary N) is 1. The van der Waals surface area contributed by atoms with Crippen molar-refractivity contribution in [3.05, 3.63) is 34.9 Å². The molecule has 0 aliphatic rings. The van der Waals surface area contributed by atoms with Gasteiger partial charge in [-0.2, -0.15) is 0 Å². The van der Waals surface area contributed by atoms with E-state index in [1.54, 1.807) is 0 Å². The zero-order valence-electron chi connectivity index (χ0n) is 10.0. The maximum absolute atomic E-state index is 10.5. The third-order valence-electron chi connectivity index (χ3n) is 2.59. The highest BCUT2D eigenvalue weighted by Gasteiger charge is 1.98. The van der Waals surface area contributed by atoms with Gasteiger partial charge in [-0.25, -0.2) is 0 Å².